The average Bonchev–Trinajstić information content (AvgIpc) is 2.40. The Morgan fingerprint density at radius 1 is 1.14 bits per heavy atom. The van der Waals surface area contributed by atoms with Crippen molar-refractivity contribution in [3.05, 3.63) is 28.8 Å². The van der Waals surface area contributed by atoms with E-state index in [-0.39, 0.29) is 11.2 Å². The second-order valence-corrected chi connectivity index (χ2v) is 7.41. The molecule has 0 bridgehead atoms. The lowest BCUT2D eigenvalue weighted by molar-refractivity contribution is -0.145. The summed E-state index contributed by atoms with van der Waals surface area (Å²) >= 11 is 0. The van der Waals surface area contributed by atoms with Crippen LogP contribution in [-0.4, -0.2) is 16.2 Å². The molecule has 116 valence electrons. The number of carboxylic acids is 1. The van der Waals surface area contributed by atoms with Gasteiger partial charge in [-0.2, -0.15) is 0 Å². The molecule has 0 amide bonds. The molecule has 0 spiro atoms. The molecule has 3 heteroatoms. The van der Waals surface area contributed by atoms with Crippen LogP contribution in [0, 0.1) is 6.92 Å². The number of rotatable bonds is 2. The van der Waals surface area contributed by atoms with Crippen LogP contribution in [-0.2, 0) is 15.6 Å². The van der Waals surface area contributed by atoms with Gasteiger partial charge in [-0.05, 0) is 30.7 Å². The molecule has 1 aliphatic rings. The van der Waals surface area contributed by atoms with Gasteiger partial charge in [-0.25, -0.2) is 0 Å². The third-order valence-electron chi connectivity index (χ3n) is 4.69. The Bertz CT molecular complexity index is 546. The van der Waals surface area contributed by atoms with Crippen molar-refractivity contribution >= 4 is 5.97 Å². The Morgan fingerprint density at radius 3 is 2.19 bits per heavy atom. The number of aliphatic carboxylic acids is 1. The molecule has 1 saturated carbocycles. The largest absolute Gasteiger partial charge is 0.507 e. The van der Waals surface area contributed by atoms with Crippen LogP contribution in [0.5, 0.6) is 5.75 Å². The Labute approximate surface area is 127 Å². The van der Waals surface area contributed by atoms with Crippen molar-refractivity contribution in [2.75, 3.05) is 0 Å². The zero-order valence-electron chi connectivity index (χ0n) is 13.5. The summed E-state index contributed by atoms with van der Waals surface area (Å²) in [5.41, 5.74) is 1.33. The topological polar surface area (TPSA) is 57.5 Å². The molecule has 0 atom stereocenters. The third-order valence-corrected chi connectivity index (χ3v) is 4.69. The number of hydrogen-bond donors (Lipinski definition) is 2. The second kappa shape index (κ2) is 5.36. The zero-order chi connectivity index (χ0) is 15.8. The predicted octanol–water partition coefficient (Wildman–Crippen LogP) is 4.28. The second-order valence-electron chi connectivity index (χ2n) is 7.41. The van der Waals surface area contributed by atoms with E-state index in [9.17, 15) is 15.0 Å². The SMILES string of the molecule is Cc1cc(C(C)(C)C)c(O)c(C2(C(=O)O)CCCCC2)c1. The van der Waals surface area contributed by atoms with E-state index in [1.807, 2.05) is 39.8 Å². The van der Waals surface area contributed by atoms with Crippen LogP contribution in [0.1, 0.15) is 69.6 Å². The molecule has 0 saturated heterocycles. The molecule has 0 aromatic heterocycles. The highest BCUT2D eigenvalue weighted by Gasteiger charge is 2.44. The number of aromatic hydroxyl groups is 1. The molecule has 1 fully saturated rings. The van der Waals surface area contributed by atoms with Gasteiger partial charge in [0.1, 0.15) is 5.75 Å². The summed E-state index contributed by atoms with van der Waals surface area (Å²) < 4.78 is 0. The minimum atomic E-state index is -0.922. The van der Waals surface area contributed by atoms with Crippen molar-refractivity contribution in [3.8, 4) is 5.75 Å². The van der Waals surface area contributed by atoms with Gasteiger partial charge in [-0.3, -0.25) is 4.79 Å². The highest BCUT2D eigenvalue weighted by molar-refractivity contribution is 5.83. The van der Waals surface area contributed by atoms with Crippen LogP contribution in [0.2, 0.25) is 0 Å². The lowest BCUT2D eigenvalue weighted by atomic mass is 9.67. The number of benzene rings is 1. The minimum Gasteiger partial charge on any atom is -0.507 e. The fourth-order valence-electron chi connectivity index (χ4n) is 3.47. The van der Waals surface area contributed by atoms with E-state index in [0.717, 1.165) is 30.4 Å². The highest BCUT2D eigenvalue weighted by Crippen LogP contribution is 2.46. The first-order valence-electron chi connectivity index (χ1n) is 7.76. The van der Waals surface area contributed by atoms with Crippen LogP contribution in [0.3, 0.4) is 0 Å². The summed E-state index contributed by atoms with van der Waals surface area (Å²) in [5.74, 6) is -0.625. The molecule has 1 aromatic rings. The molecule has 1 aliphatic carbocycles. The molecule has 21 heavy (non-hydrogen) atoms. The van der Waals surface area contributed by atoms with Crippen LogP contribution in [0.25, 0.3) is 0 Å². The number of phenolic OH excluding ortho intramolecular Hbond substituents is 1. The van der Waals surface area contributed by atoms with Gasteiger partial charge in [0, 0.05) is 5.56 Å². The van der Waals surface area contributed by atoms with E-state index < -0.39 is 11.4 Å². The third kappa shape index (κ3) is 2.78. The lowest BCUT2D eigenvalue weighted by Crippen LogP contribution is -2.38. The van der Waals surface area contributed by atoms with Gasteiger partial charge in [-0.15, -0.1) is 0 Å². The Balaban J connectivity index is 2.67. The number of hydrogen-bond acceptors (Lipinski definition) is 2. The lowest BCUT2D eigenvalue weighted by Gasteiger charge is -2.36. The monoisotopic (exact) mass is 290 g/mol. The molecule has 0 unspecified atom stereocenters. The van der Waals surface area contributed by atoms with Crippen LogP contribution < -0.4 is 0 Å². The first-order valence-corrected chi connectivity index (χ1v) is 7.76. The Kier molecular flexibility index (Phi) is 4.05. The maximum Gasteiger partial charge on any atom is 0.314 e. The van der Waals surface area contributed by atoms with E-state index in [1.54, 1.807) is 0 Å². The first kappa shape index (κ1) is 15.9. The van der Waals surface area contributed by atoms with Gasteiger partial charge >= 0.3 is 5.97 Å². The summed E-state index contributed by atoms with van der Waals surface area (Å²) in [6, 6.07) is 3.83. The molecule has 2 rings (SSSR count). The van der Waals surface area contributed by atoms with Gasteiger partial charge < -0.3 is 10.2 Å². The van der Waals surface area contributed by atoms with Gasteiger partial charge in [0.15, 0.2) is 0 Å². The van der Waals surface area contributed by atoms with Crippen LogP contribution >= 0.6 is 0 Å². The van der Waals surface area contributed by atoms with Gasteiger partial charge in [0.05, 0.1) is 5.41 Å². The quantitative estimate of drug-likeness (QED) is 0.854. The minimum absolute atomic E-state index is 0.178. The number of phenols is 1. The summed E-state index contributed by atoms with van der Waals surface area (Å²) in [7, 11) is 0. The normalized spacial score (nSPS) is 18.5. The Hall–Kier alpha value is -1.51. The zero-order valence-corrected chi connectivity index (χ0v) is 13.5. The summed E-state index contributed by atoms with van der Waals surface area (Å²) in [6.07, 6.45) is 4.12. The van der Waals surface area contributed by atoms with Crippen molar-refractivity contribution in [1.82, 2.24) is 0 Å². The highest BCUT2D eigenvalue weighted by atomic mass is 16.4. The number of carboxylic acid groups (broad SMARTS) is 1. The van der Waals surface area contributed by atoms with Gasteiger partial charge in [0.25, 0.3) is 0 Å². The molecule has 0 aliphatic heterocycles. The van der Waals surface area contributed by atoms with E-state index in [2.05, 4.69) is 0 Å². The van der Waals surface area contributed by atoms with Gasteiger partial charge in [-0.1, -0.05) is 57.7 Å². The van der Waals surface area contributed by atoms with E-state index in [1.165, 1.54) is 0 Å². The molecule has 0 radical (unpaired) electrons. The fraction of sp³-hybridized carbons (Fsp3) is 0.611. The van der Waals surface area contributed by atoms with Gasteiger partial charge in [0.2, 0.25) is 0 Å². The molecule has 0 heterocycles. The van der Waals surface area contributed by atoms with E-state index >= 15 is 0 Å². The maximum absolute atomic E-state index is 12.0. The number of aryl methyl sites for hydroxylation is 1. The fourth-order valence-corrected chi connectivity index (χ4v) is 3.47. The van der Waals surface area contributed by atoms with Crippen molar-refractivity contribution in [2.24, 2.45) is 0 Å². The van der Waals surface area contributed by atoms with Crippen molar-refractivity contribution in [1.29, 1.82) is 0 Å². The summed E-state index contributed by atoms with van der Waals surface area (Å²) in [6.45, 7) is 8.09. The predicted molar refractivity (Wildman–Crippen MR) is 83.9 cm³/mol. The molecule has 3 nitrogen and oxygen atoms in total. The average molecular weight is 290 g/mol. The van der Waals surface area contributed by atoms with Crippen molar-refractivity contribution in [2.45, 2.75) is 70.6 Å². The van der Waals surface area contributed by atoms with Crippen LogP contribution in [0.15, 0.2) is 12.1 Å². The summed E-state index contributed by atoms with van der Waals surface area (Å²) in [4.78, 5) is 12.0. The molecule has 2 N–H and O–H groups in total. The standard InChI is InChI=1S/C18H26O3/c1-12-10-13(17(2,3)4)15(19)14(11-12)18(16(20)21)8-6-5-7-9-18/h10-11,19H,5-9H2,1-4H3,(H,20,21). The van der Waals surface area contributed by atoms with Crippen LogP contribution in [0.4, 0.5) is 0 Å². The summed E-state index contributed by atoms with van der Waals surface area (Å²) in [5, 5.41) is 20.6. The van der Waals surface area contributed by atoms with E-state index in [4.69, 9.17) is 0 Å². The Morgan fingerprint density at radius 2 is 1.71 bits per heavy atom. The van der Waals surface area contributed by atoms with E-state index in [0.29, 0.717) is 18.4 Å². The first-order chi connectivity index (χ1) is 9.68. The number of carbonyl (C=O) groups is 1. The molecular weight excluding hydrogens is 264 g/mol. The van der Waals surface area contributed by atoms with Crippen molar-refractivity contribution < 1.29 is 15.0 Å². The molecule has 1 aromatic carbocycles. The molecular formula is C18H26O3. The van der Waals surface area contributed by atoms with Crippen molar-refractivity contribution in [3.63, 3.8) is 0 Å². The smallest absolute Gasteiger partial charge is 0.314 e. The maximum atomic E-state index is 12.0.